The van der Waals surface area contributed by atoms with E-state index in [2.05, 4.69) is 25.8 Å². The highest BCUT2D eigenvalue weighted by Crippen LogP contribution is 2.14. The summed E-state index contributed by atoms with van der Waals surface area (Å²) in [5.41, 5.74) is 0.336. The van der Waals surface area contributed by atoms with Crippen molar-refractivity contribution in [1.82, 2.24) is 30.5 Å². The maximum atomic E-state index is 12.0. The molecular formula is C14H18N6O3S. The van der Waals surface area contributed by atoms with Crippen LogP contribution in [0.2, 0.25) is 0 Å². The zero-order valence-electron chi connectivity index (χ0n) is 13.1. The van der Waals surface area contributed by atoms with E-state index >= 15 is 0 Å². The van der Waals surface area contributed by atoms with Crippen molar-refractivity contribution in [2.75, 3.05) is 19.8 Å². The third kappa shape index (κ3) is 4.42. The molecule has 3 heterocycles. The number of nitrogens with zero attached hydrogens (tertiary/aromatic N) is 5. The molecular weight excluding hydrogens is 332 g/mol. The van der Waals surface area contributed by atoms with Gasteiger partial charge in [-0.05, 0) is 12.8 Å². The Labute approximate surface area is 142 Å². The number of unbranched alkanes of at least 4 members (excludes halogenated alkanes) is 1. The molecule has 0 saturated carbocycles. The van der Waals surface area contributed by atoms with Crippen LogP contribution >= 0.6 is 11.3 Å². The summed E-state index contributed by atoms with van der Waals surface area (Å²) in [6.07, 6.45) is 4.83. The van der Waals surface area contributed by atoms with Gasteiger partial charge < -0.3 is 10.1 Å². The topological polar surface area (TPSA) is 112 Å². The van der Waals surface area contributed by atoms with E-state index in [-0.39, 0.29) is 5.91 Å². The zero-order chi connectivity index (χ0) is 16.8. The molecule has 2 aromatic rings. The van der Waals surface area contributed by atoms with Crippen molar-refractivity contribution in [3.8, 4) is 0 Å². The van der Waals surface area contributed by atoms with Crippen molar-refractivity contribution >= 4 is 23.5 Å². The summed E-state index contributed by atoms with van der Waals surface area (Å²) in [4.78, 5) is 22.5. The van der Waals surface area contributed by atoms with Gasteiger partial charge in [0, 0.05) is 25.4 Å². The number of rotatable bonds is 9. The van der Waals surface area contributed by atoms with Gasteiger partial charge in [-0.15, -0.1) is 15.3 Å². The summed E-state index contributed by atoms with van der Waals surface area (Å²) < 4.78 is 6.71. The van der Waals surface area contributed by atoms with Crippen molar-refractivity contribution in [2.24, 2.45) is 5.92 Å². The average molecular weight is 350 g/mol. The van der Waals surface area contributed by atoms with Crippen molar-refractivity contribution < 1.29 is 14.3 Å². The second kappa shape index (κ2) is 8.06. The Morgan fingerprint density at radius 1 is 1.38 bits per heavy atom. The molecule has 1 amide bonds. The molecule has 3 rings (SSSR count). The van der Waals surface area contributed by atoms with Gasteiger partial charge in [-0.2, -0.15) is 0 Å². The Kier molecular flexibility index (Phi) is 5.59. The van der Waals surface area contributed by atoms with E-state index in [1.165, 1.54) is 11.3 Å². The number of hydrogen-bond donors (Lipinski definition) is 1. The van der Waals surface area contributed by atoms with Crippen molar-refractivity contribution in [2.45, 2.75) is 25.8 Å². The van der Waals surface area contributed by atoms with Gasteiger partial charge in [0.15, 0.2) is 6.29 Å². The number of carbonyl (C=O) groups excluding carboxylic acids is 2. The van der Waals surface area contributed by atoms with Gasteiger partial charge in [0.05, 0.1) is 19.4 Å². The number of nitrogens with one attached hydrogen (secondary N) is 1. The molecule has 0 unspecified atom stereocenters. The minimum Gasteiger partial charge on any atom is -0.381 e. The number of aryl methyl sites for hydroxylation is 2. The Morgan fingerprint density at radius 2 is 2.25 bits per heavy atom. The van der Waals surface area contributed by atoms with Crippen LogP contribution in [0.1, 0.15) is 38.1 Å². The minimum atomic E-state index is -0.172. The van der Waals surface area contributed by atoms with Gasteiger partial charge >= 0.3 is 0 Å². The Morgan fingerprint density at radius 3 is 2.96 bits per heavy atom. The molecule has 24 heavy (non-hydrogen) atoms. The monoisotopic (exact) mass is 350 g/mol. The average Bonchev–Trinajstić information content (AvgIpc) is 3.19. The first kappa shape index (κ1) is 16.7. The second-order valence-electron chi connectivity index (χ2n) is 5.60. The quantitative estimate of drug-likeness (QED) is 0.513. The van der Waals surface area contributed by atoms with Gasteiger partial charge in [0.1, 0.15) is 10.7 Å². The lowest BCUT2D eigenvalue weighted by atomic mass is 10.1. The van der Waals surface area contributed by atoms with Crippen LogP contribution < -0.4 is 5.32 Å². The molecule has 0 bridgehead atoms. The highest BCUT2D eigenvalue weighted by molar-refractivity contribution is 7.13. The number of ether oxygens (including phenoxy) is 1. The molecule has 0 aromatic carbocycles. The molecule has 10 heteroatoms. The van der Waals surface area contributed by atoms with Crippen LogP contribution in [0.3, 0.4) is 0 Å². The predicted molar refractivity (Wildman–Crippen MR) is 84.9 cm³/mol. The summed E-state index contributed by atoms with van der Waals surface area (Å²) in [5.74, 6) is 0.243. The van der Waals surface area contributed by atoms with Gasteiger partial charge in [0.25, 0.3) is 5.91 Å². The molecule has 1 saturated heterocycles. The molecule has 0 radical (unpaired) electrons. The van der Waals surface area contributed by atoms with E-state index in [0.29, 0.717) is 49.2 Å². The van der Waals surface area contributed by atoms with E-state index in [0.717, 1.165) is 24.3 Å². The van der Waals surface area contributed by atoms with E-state index < -0.39 is 0 Å². The van der Waals surface area contributed by atoms with Crippen molar-refractivity contribution in [3.05, 3.63) is 21.9 Å². The smallest absolute Gasteiger partial charge is 0.282 e. The predicted octanol–water partition coefficient (Wildman–Crippen LogP) is 0.341. The number of aromatic nitrogens is 5. The first-order chi connectivity index (χ1) is 11.7. The molecule has 1 aliphatic rings. The molecule has 9 nitrogen and oxygen atoms in total. The SMILES string of the molecule is O=Cc1cn(CCCCc2nnc(C(=O)NCC3COC3)s2)nn1. The molecule has 128 valence electrons. The van der Waals surface area contributed by atoms with Crippen LogP contribution in [0, 0.1) is 5.92 Å². The van der Waals surface area contributed by atoms with Crippen LogP contribution in [0.15, 0.2) is 6.20 Å². The van der Waals surface area contributed by atoms with Crippen LogP contribution in [0.25, 0.3) is 0 Å². The molecule has 0 aliphatic carbocycles. The third-order valence-corrected chi connectivity index (χ3v) is 4.61. The van der Waals surface area contributed by atoms with E-state index in [9.17, 15) is 9.59 Å². The Balaban J connectivity index is 1.37. The fourth-order valence-corrected chi connectivity index (χ4v) is 2.99. The fourth-order valence-electron chi connectivity index (χ4n) is 2.19. The molecule has 1 N–H and O–H groups in total. The van der Waals surface area contributed by atoms with Crippen LogP contribution in [-0.2, 0) is 17.7 Å². The standard InChI is InChI=1S/C14H18N6O3S/c21-7-11-6-20(19-16-11)4-2-1-3-12-17-18-14(24-12)13(22)15-5-10-8-23-9-10/h6-7,10H,1-5,8-9H2,(H,15,22). The molecule has 0 spiro atoms. The largest absolute Gasteiger partial charge is 0.381 e. The number of amides is 1. The van der Waals surface area contributed by atoms with Gasteiger partial charge in [0.2, 0.25) is 5.01 Å². The summed E-state index contributed by atoms with van der Waals surface area (Å²) in [5, 5.41) is 19.7. The lowest BCUT2D eigenvalue weighted by Crippen LogP contribution is -2.39. The van der Waals surface area contributed by atoms with Crippen LogP contribution in [-0.4, -0.2) is 57.1 Å². The zero-order valence-corrected chi connectivity index (χ0v) is 13.9. The van der Waals surface area contributed by atoms with Gasteiger partial charge in [-0.25, -0.2) is 0 Å². The van der Waals surface area contributed by atoms with Crippen molar-refractivity contribution in [3.63, 3.8) is 0 Å². The normalized spacial score (nSPS) is 14.3. The number of aldehydes is 1. The van der Waals surface area contributed by atoms with Gasteiger partial charge in [-0.3, -0.25) is 14.3 Å². The van der Waals surface area contributed by atoms with Crippen LogP contribution in [0.5, 0.6) is 0 Å². The summed E-state index contributed by atoms with van der Waals surface area (Å²) >= 11 is 1.33. The fraction of sp³-hybridized carbons (Fsp3) is 0.571. The highest BCUT2D eigenvalue weighted by atomic mass is 32.1. The van der Waals surface area contributed by atoms with E-state index in [1.54, 1.807) is 10.9 Å². The summed E-state index contributed by atoms with van der Waals surface area (Å²) in [7, 11) is 0. The highest BCUT2D eigenvalue weighted by Gasteiger charge is 2.20. The Bertz CT molecular complexity index is 696. The first-order valence-corrected chi connectivity index (χ1v) is 8.60. The Hall–Kier alpha value is -2.20. The van der Waals surface area contributed by atoms with Crippen molar-refractivity contribution in [1.29, 1.82) is 0 Å². The molecule has 0 atom stereocenters. The van der Waals surface area contributed by atoms with E-state index in [4.69, 9.17) is 4.74 Å². The summed E-state index contributed by atoms with van der Waals surface area (Å²) in [6, 6.07) is 0. The molecule has 1 fully saturated rings. The lowest BCUT2D eigenvalue weighted by Gasteiger charge is -2.25. The third-order valence-electron chi connectivity index (χ3n) is 3.62. The number of carbonyl (C=O) groups is 2. The maximum Gasteiger partial charge on any atom is 0.282 e. The summed E-state index contributed by atoms with van der Waals surface area (Å²) in [6.45, 7) is 2.73. The minimum absolute atomic E-state index is 0.172. The first-order valence-electron chi connectivity index (χ1n) is 7.78. The molecule has 1 aliphatic heterocycles. The maximum absolute atomic E-state index is 12.0. The van der Waals surface area contributed by atoms with E-state index in [1.807, 2.05) is 0 Å². The lowest BCUT2D eigenvalue weighted by molar-refractivity contribution is -0.0298. The van der Waals surface area contributed by atoms with Gasteiger partial charge in [-0.1, -0.05) is 16.6 Å². The van der Waals surface area contributed by atoms with Crippen LogP contribution in [0.4, 0.5) is 0 Å². The second-order valence-corrected chi connectivity index (χ2v) is 6.66. The molecule has 2 aromatic heterocycles. The number of hydrogen-bond acceptors (Lipinski definition) is 8.